The molecule has 2 aromatic carbocycles. The molecule has 0 aliphatic rings. The van der Waals surface area contributed by atoms with Crippen molar-refractivity contribution in [1.82, 2.24) is 0 Å². The smallest absolute Gasteiger partial charge is 0.406 e. The van der Waals surface area contributed by atoms with Crippen LogP contribution in [-0.4, -0.2) is 11.8 Å². The third-order valence-electron chi connectivity index (χ3n) is 4.21. The van der Waals surface area contributed by atoms with E-state index in [0.29, 0.717) is 15.9 Å². The Balaban J connectivity index is 1.96. The van der Waals surface area contributed by atoms with E-state index in [4.69, 9.17) is 4.74 Å². The molecular formula is C22H19NO4. The van der Waals surface area contributed by atoms with Gasteiger partial charge in [-0.1, -0.05) is 59.7 Å². The molecule has 3 aromatic rings. The van der Waals surface area contributed by atoms with Gasteiger partial charge in [-0.2, -0.15) is 4.73 Å². The minimum Gasteiger partial charge on any atom is -0.618 e. The van der Waals surface area contributed by atoms with E-state index in [1.807, 2.05) is 38.1 Å². The fourth-order valence-corrected chi connectivity index (χ4v) is 2.64. The monoisotopic (exact) mass is 361 g/mol. The number of rotatable bonds is 5. The highest BCUT2D eigenvalue weighted by molar-refractivity contribution is 6.01. The van der Waals surface area contributed by atoms with Crippen molar-refractivity contribution in [2.24, 2.45) is 0 Å². The van der Waals surface area contributed by atoms with Crippen molar-refractivity contribution in [1.29, 1.82) is 0 Å². The minimum atomic E-state index is -1.14. The third kappa shape index (κ3) is 4.20. The largest absolute Gasteiger partial charge is 0.618 e. The van der Waals surface area contributed by atoms with E-state index in [9.17, 15) is 14.8 Å². The van der Waals surface area contributed by atoms with Gasteiger partial charge in [-0.15, -0.1) is 0 Å². The summed E-state index contributed by atoms with van der Waals surface area (Å²) in [5, 5.41) is 11.8. The summed E-state index contributed by atoms with van der Waals surface area (Å²) in [4.78, 5) is 25.5. The maximum atomic E-state index is 13.0. The molecule has 0 unspecified atom stereocenters. The molecule has 5 nitrogen and oxygen atoms in total. The predicted molar refractivity (Wildman–Crippen MR) is 100 cm³/mol. The lowest BCUT2D eigenvalue weighted by molar-refractivity contribution is -0.608. The molecular weight excluding hydrogens is 342 g/mol. The van der Waals surface area contributed by atoms with Crippen molar-refractivity contribution in [2.45, 2.75) is 20.0 Å². The standard InChI is InChI=1S/C22H19NO4/c1-15-6-10-17(11-7-15)20(24)21(18-12-8-16(2)9-13-18)27-22(25)19-5-3-4-14-23(19)26/h3-14,21H,1-2H3/t21-/m0/s1. The number of carbonyl (C=O) groups is 2. The Morgan fingerprint density at radius 3 is 2.07 bits per heavy atom. The molecule has 0 spiro atoms. The number of benzene rings is 2. The molecule has 0 bridgehead atoms. The van der Waals surface area contributed by atoms with Gasteiger partial charge in [0.25, 0.3) is 0 Å². The highest BCUT2D eigenvalue weighted by Crippen LogP contribution is 2.24. The van der Waals surface area contributed by atoms with E-state index < -0.39 is 12.1 Å². The average Bonchev–Trinajstić information content (AvgIpc) is 2.67. The maximum absolute atomic E-state index is 13.0. The summed E-state index contributed by atoms with van der Waals surface area (Å²) < 4.78 is 5.90. The Morgan fingerprint density at radius 2 is 1.48 bits per heavy atom. The summed E-state index contributed by atoms with van der Waals surface area (Å²) in [5.74, 6) is -1.20. The topological polar surface area (TPSA) is 70.3 Å². The summed E-state index contributed by atoms with van der Waals surface area (Å²) in [6.45, 7) is 3.85. The lowest BCUT2D eigenvalue weighted by atomic mass is 9.98. The second-order valence-corrected chi connectivity index (χ2v) is 6.34. The van der Waals surface area contributed by atoms with E-state index >= 15 is 0 Å². The first-order chi connectivity index (χ1) is 13.0. The van der Waals surface area contributed by atoms with Gasteiger partial charge in [0.1, 0.15) is 0 Å². The fraction of sp³-hybridized carbons (Fsp3) is 0.136. The van der Waals surface area contributed by atoms with Crippen LogP contribution in [0.1, 0.15) is 43.6 Å². The number of hydrogen-bond acceptors (Lipinski definition) is 4. The Morgan fingerprint density at radius 1 is 0.889 bits per heavy atom. The van der Waals surface area contributed by atoms with Gasteiger partial charge in [0, 0.05) is 23.3 Å². The first-order valence-corrected chi connectivity index (χ1v) is 8.52. The van der Waals surface area contributed by atoms with Gasteiger partial charge < -0.3 is 9.94 Å². The van der Waals surface area contributed by atoms with Crippen LogP contribution < -0.4 is 4.73 Å². The number of esters is 1. The molecule has 0 radical (unpaired) electrons. The van der Waals surface area contributed by atoms with Crippen molar-refractivity contribution in [3.63, 3.8) is 0 Å². The Hall–Kier alpha value is -3.47. The lowest BCUT2D eigenvalue weighted by Crippen LogP contribution is -2.35. The van der Waals surface area contributed by atoms with Gasteiger partial charge in [0.15, 0.2) is 12.3 Å². The van der Waals surface area contributed by atoms with Gasteiger partial charge >= 0.3 is 11.7 Å². The number of aryl methyl sites for hydroxylation is 2. The number of pyridine rings is 1. The zero-order valence-electron chi connectivity index (χ0n) is 15.1. The summed E-state index contributed by atoms with van der Waals surface area (Å²) in [6.07, 6.45) is 0.0697. The van der Waals surface area contributed by atoms with Gasteiger partial charge in [0.05, 0.1) is 0 Å². The van der Waals surface area contributed by atoms with Crippen molar-refractivity contribution >= 4 is 11.8 Å². The van der Waals surface area contributed by atoms with E-state index in [1.54, 1.807) is 30.3 Å². The number of Topliss-reactive ketones (excluding diaryl/α,β-unsaturated/α-hetero) is 1. The second-order valence-electron chi connectivity index (χ2n) is 6.34. The minimum absolute atomic E-state index is 0.175. The van der Waals surface area contributed by atoms with Crippen LogP contribution in [0.4, 0.5) is 0 Å². The molecule has 1 aromatic heterocycles. The van der Waals surface area contributed by atoms with E-state index in [2.05, 4.69) is 0 Å². The zero-order valence-corrected chi connectivity index (χ0v) is 15.1. The summed E-state index contributed by atoms with van der Waals surface area (Å²) in [5.41, 5.74) is 2.85. The van der Waals surface area contributed by atoms with Crippen LogP contribution in [0.15, 0.2) is 72.9 Å². The van der Waals surface area contributed by atoms with E-state index in [0.717, 1.165) is 11.1 Å². The van der Waals surface area contributed by atoms with E-state index in [1.165, 1.54) is 18.3 Å². The Kier molecular flexibility index (Phi) is 5.31. The number of ether oxygens (including phenoxy) is 1. The molecule has 1 atom stereocenters. The van der Waals surface area contributed by atoms with Crippen molar-refractivity contribution in [3.8, 4) is 0 Å². The number of hydrogen-bond donors (Lipinski definition) is 0. The molecule has 0 N–H and O–H groups in total. The van der Waals surface area contributed by atoms with Crippen LogP contribution in [0.2, 0.25) is 0 Å². The van der Waals surface area contributed by atoms with Gasteiger partial charge in [-0.3, -0.25) is 4.79 Å². The molecule has 0 saturated carbocycles. The van der Waals surface area contributed by atoms with Gasteiger partial charge in [-0.25, -0.2) is 4.79 Å². The summed E-state index contributed by atoms with van der Waals surface area (Å²) in [6, 6.07) is 18.7. The molecule has 0 aliphatic carbocycles. The first-order valence-electron chi connectivity index (χ1n) is 8.52. The van der Waals surface area contributed by atoms with Crippen LogP contribution >= 0.6 is 0 Å². The molecule has 0 fully saturated rings. The quantitative estimate of drug-likeness (QED) is 0.301. The molecule has 136 valence electrons. The molecule has 5 heteroatoms. The Bertz CT molecular complexity index is 962. The first kappa shape index (κ1) is 18.3. The van der Waals surface area contributed by atoms with Gasteiger partial charge in [-0.05, 0) is 19.9 Å². The zero-order chi connectivity index (χ0) is 19.4. The maximum Gasteiger partial charge on any atom is 0.406 e. The average molecular weight is 361 g/mol. The van der Waals surface area contributed by atoms with Crippen LogP contribution in [0.5, 0.6) is 0 Å². The van der Waals surface area contributed by atoms with Crippen molar-refractivity contribution < 1.29 is 19.1 Å². The molecule has 27 heavy (non-hydrogen) atoms. The molecule has 1 heterocycles. The lowest BCUT2D eigenvalue weighted by Gasteiger charge is -2.17. The van der Waals surface area contributed by atoms with Crippen LogP contribution in [0.25, 0.3) is 0 Å². The normalized spacial score (nSPS) is 11.6. The van der Waals surface area contributed by atoms with Crippen LogP contribution in [-0.2, 0) is 4.74 Å². The fourth-order valence-electron chi connectivity index (χ4n) is 2.64. The number of aromatic nitrogens is 1. The van der Waals surface area contributed by atoms with E-state index in [-0.39, 0.29) is 11.5 Å². The van der Waals surface area contributed by atoms with Crippen molar-refractivity contribution in [2.75, 3.05) is 0 Å². The predicted octanol–water partition coefficient (Wildman–Crippen LogP) is 3.72. The highest BCUT2D eigenvalue weighted by atomic mass is 16.6. The molecule has 0 amide bonds. The molecule has 3 rings (SSSR count). The highest BCUT2D eigenvalue weighted by Gasteiger charge is 2.29. The van der Waals surface area contributed by atoms with Gasteiger partial charge in [0.2, 0.25) is 5.78 Å². The SMILES string of the molecule is Cc1ccc(C(=O)[C@@H](OC(=O)c2cccc[n+]2[O-])c2ccc(C)cc2)cc1. The Labute approximate surface area is 157 Å². The number of nitrogens with zero attached hydrogens (tertiary/aromatic N) is 1. The summed E-state index contributed by atoms with van der Waals surface area (Å²) in [7, 11) is 0. The number of ketones is 1. The molecule has 0 aliphatic heterocycles. The molecule has 0 saturated heterocycles. The van der Waals surface area contributed by atoms with Crippen LogP contribution in [0.3, 0.4) is 0 Å². The number of carbonyl (C=O) groups excluding carboxylic acids is 2. The van der Waals surface area contributed by atoms with Crippen LogP contribution in [0, 0.1) is 19.1 Å². The van der Waals surface area contributed by atoms with Crippen molar-refractivity contribution in [3.05, 3.63) is 106 Å². The third-order valence-corrected chi connectivity index (χ3v) is 4.21. The summed E-state index contributed by atoms with van der Waals surface area (Å²) >= 11 is 0. The second kappa shape index (κ2) is 7.83.